The Morgan fingerprint density at radius 2 is 0.885 bits per heavy atom. The normalized spacial score (nSPS) is 57.5. The summed E-state index contributed by atoms with van der Waals surface area (Å²) in [4.78, 5) is -6.40. The molecule has 0 aromatic rings. The first-order chi connectivity index (χ1) is 11.1. The number of halogens is 8. The molecule has 2 aliphatic rings. The monoisotopic (exact) mass is 522 g/mol. The Morgan fingerprint density at radius 1 is 0.577 bits per heavy atom. The van der Waals surface area contributed by atoms with Crippen LogP contribution in [0.3, 0.4) is 0 Å². The number of hydrogen-bond donors (Lipinski definition) is 0. The van der Waals surface area contributed by atoms with Crippen molar-refractivity contribution in [2.45, 2.75) is 84.6 Å². The van der Waals surface area contributed by atoms with E-state index in [4.69, 9.17) is 92.8 Å². The van der Waals surface area contributed by atoms with Crippen molar-refractivity contribution in [2.75, 3.05) is 0 Å². The van der Waals surface area contributed by atoms with E-state index >= 15 is 0 Å². The van der Waals surface area contributed by atoms with E-state index in [1.807, 2.05) is 55.4 Å². The van der Waals surface area contributed by atoms with Crippen LogP contribution in [0.15, 0.2) is 0 Å². The molecule has 0 aliphatic heterocycles. The fourth-order valence-corrected chi connectivity index (χ4v) is 12.3. The van der Waals surface area contributed by atoms with Crippen molar-refractivity contribution in [1.82, 2.24) is 0 Å². The minimum Gasteiger partial charge on any atom is -0.117 e. The summed E-state index contributed by atoms with van der Waals surface area (Å²) in [5.41, 5.74) is -3.70. The van der Waals surface area contributed by atoms with Crippen molar-refractivity contribution >= 4 is 92.8 Å². The molecule has 2 bridgehead atoms. The first-order valence-corrected chi connectivity index (χ1v) is 11.7. The largest absolute Gasteiger partial charge is 0.117 e. The van der Waals surface area contributed by atoms with Gasteiger partial charge in [-0.15, -0.1) is 92.8 Å². The van der Waals surface area contributed by atoms with Crippen LogP contribution >= 0.6 is 92.8 Å². The lowest BCUT2D eigenvalue weighted by atomic mass is 9.49. The van der Waals surface area contributed by atoms with E-state index in [1.54, 1.807) is 0 Å². The second kappa shape index (κ2) is 5.97. The van der Waals surface area contributed by atoms with E-state index < -0.39 is 50.8 Å². The topological polar surface area (TPSA) is 0 Å². The molecule has 0 aromatic carbocycles. The molecule has 26 heavy (non-hydrogen) atoms. The standard InChI is InChI=1S/C18H26Cl8/c1-11(2,3)17(9(19)20)12(4)13(5,23)15(7,25)18(17,10(21)22)16(8,26)14(12,6)24/h9-10H,1-8H3/t12?,13-,14-,15+,16+,17+,18?/m0/s1. The highest BCUT2D eigenvalue weighted by Crippen LogP contribution is 2.95. The molecule has 2 rings (SSSR count). The summed E-state index contributed by atoms with van der Waals surface area (Å²) in [6.45, 7) is 15.5. The third-order valence-electron chi connectivity index (χ3n) is 8.37. The molecule has 8 heteroatoms. The summed E-state index contributed by atoms with van der Waals surface area (Å²) in [7, 11) is 0. The Labute approximate surface area is 197 Å². The number of rotatable bonds is 2. The molecule has 2 saturated carbocycles. The van der Waals surface area contributed by atoms with Gasteiger partial charge in [0.2, 0.25) is 0 Å². The van der Waals surface area contributed by atoms with Crippen LogP contribution in [0.25, 0.3) is 0 Å². The zero-order valence-electron chi connectivity index (χ0n) is 16.2. The van der Waals surface area contributed by atoms with Crippen LogP contribution in [0, 0.1) is 21.7 Å². The molecule has 2 aliphatic carbocycles. The summed E-state index contributed by atoms with van der Waals surface area (Å²) in [5.74, 6) is 0. The average Bonchev–Trinajstić information content (AvgIpc) is 2.56. The molecule has 2 fully saturated rings. The van der Waals surface area contributed by atoms with Crippen LogP contribution in [-0.2, 0) is 0 Å². The fourth-order valence-electron chi connectivity index (χ4n) is 7.08. The second-order valence-electron chi connectivity index (χ2n) is 9.60. The predicted molar refractivity (Wildman–Crippen MR) is 120 cm³/mol. The highest BCUT2D eigenvalue weighted by molar-refractivity contribution is 6.51. The molecule has 154 valence electrons. The summed E-state index contributed by atoms with van der Waals surface area (Å²) in [5, 5.41) is 0. The van der Waals surface area contributed by atoms with Crippen LogP contribution < -0.4 is 0 Å². The van der Waals surface area contributed by atoms with Gasteiger partial charge in [-0.2, -0.15) is 0 Å². The summed E-state index contributed by atoms with van der Waals surface area (Å²) >= 11 is 56.2. The lowest BCUT2D eigenvalue weighted by Crippen LogP contribution is -2.72. The maximum Gasteiger partial charge on any atom is 0.117 e. The molecular weight excluding hydrogens is 500 g/mol. The van der Waals surface area contributed by atoms with Crippen molar-refractivity contribution in [3.05, 3.63) is 0 Å². The Kier molecular flexibility index (Phi) is 5.64. The van der Waals surface area contributed by atoms with E-state index in [0.717, 1.165) is 0 Å². The van der Waals surface area contributed by atoms with Gasteiger partial charge in [-0.1, -0.05) is 27.7 Å². The van der Waals surface area contributed by atoms with Crippen molar-refractivity contribution in [1.29, 1.82) is 0 Å². The first kappa shape index (κ1) is 24.6. The SMILES string of the molecule is CC(C)(C)[C@]1(C(Cl)Cl)C2(C)[C@](C)(Cl)[C@@](C)(Cl)C1(C(Cl)Cl)[C@](C)(Cl)[C@@]2(C)Cl. The Balaban J connectivity index is 3.32. The molecule has 0 radical (unpaired) electrons. The Hall–Kier alpha value is 2.32. The van der Waals surface area contributed by atoms with Crippen molar-refractivity contribution in [3.8, 4) is 0 Å². The third kappa shape index (κ3) is 1.86. The molecule has 0 heterocycles. The van der Waals surface area contributed by atoms with Crippen LogP contribution in [0.4, 0.5) is 0 Å². The molecule has 0 unspecified atom stereocenters. The maximum atomic E-state index is 7.28. The smallest absolute Gasteiger partial charge is 0.117 e. The Morgan fingerprint density at radius 3 is 1.04 bits per heavy atom. The van der Waals surface area contributed by atoms with Gasteiger partial charge in [0.05, 0.1) is 24.9 Å². The van der Waals surface area contributed by atoms with Crippen molar-refractivity contribution in [3.63, 3.8) is 0 Å². The fraction of sp³-hybridized carbons (Fsp3) is 1.00. The molecule has 0 N–H and O–H groups in total. The summed E-state index contributed by atoms with van der Waals surface area (Å²) in [6.07, 6.45) is 0. The molecule has 0 saturated heterocycles. The number of hydrogen-bond acceptors (Lipinski definition) is 0. The van der Waals surface area contributed by atoms with E-state index in [2.05, 4.69) is 0 Å². The van der Waals surface area contributed by atoms with Gasteiger partial charge in [-0.25, -0.2) is 0 Å². The zero-order chi connectivity index (χ0) is 21.2. The van der Waals surface area contributed by atoms with Crippen LogP contribution in [0.1, 0.15) is 55.4 Å². The van der Waals surface area contributed by atoms with Gasteiger partial charge in [-0.3, -0.25) is 0 Å². The summed E-state index contributed by atoms with van der Waals surface area (Å²) in [6, 6.07) is 0. The van der Waals surface area contributed by atoms with Gasteiger partial charge >= 0.3 is 0 Å². The molecule has 0 nitrogen and oxygen atoms in total. The van der Waals surface area contributed by atoms with Gasteiger partial charge in [0.25, 0.3) is 0 Å². The van der Waals surface area contributed by atoms with Crippen molar-refractivity contribution in [2.24, 2.45) is 21.7 Å². The Bertz CT molecular complexity index is 575. The van der Waals surface area contributed by atoms with E-state index in [1.165, 1.54) is 0 Å². The minimum atomic E-state index is -1.21. The van der Waals surface area contributed by atoms with Gasteiger partial charge in [-0.05, 0) is 33.1 Å². The molecule has 0 amide bonds. The quantitative estimate of drug-likeness (QED) is 0.316. The molecule has 5 atom stereocenters. The third-order valence-corrected chi connectivity index (χ3v) is 12.7. The van der Waals surface area contributed by atoms with Gasteiger partial charge in [0.1, 0.15) is 9.67 Å². The van der Waals surface area contributed by atoms with Crippen molar-refractivity contribution < 1.29 is 0 Å². The van der Waals surface area contributed by atoms with E-state index in [-0.39, 0.29) is 0 Å². The minimum absolute atomic E-state index is 0.538. The second-order valence-corrected chi connectivity index (χ2v) is 14.8. The average molecular weight is 526 g/mol. The molecular formula is C18H26Cl8. The first-order valence-electron chi connectivity index (χ1n) is 8.46. The van der Waals surface area contributed by atoms with E-state index in [0.29, 0.717) is 0 Å². The van der Waals surface area contributed by atoms with Crippen LogP contribution in [0.5, 0.6) is 0 Å². The van der Waals surface area contributed by atoms with Crippen LogP contribution in [-0.4, -0.2) is 29.2 Å². The van der Waals surface area contributed by atoms with Gasteiger partial charge in [0.15, 0.2) is 0 Å². The van der Waals surface area contributed by atoms with Gasteiger partial charge < -0.3 is 0 Å². The highest BCUT2D eigenvalue weighted by Gasteiger charge is 3.00. The lowest BCUT2D eigenvalue weighted by Gasteiger charge is -2.62. The maximum absolute atomic E-state index is 7.28. The van der Waals surface area contributed by atoms with Gasteiger partial charge in [0, 0.05) is 10.8 Å². The number of fused-ring (bicyclic) bond motifs is 2. The summed E-state index contributed by atoms with van der Waals surface area (Å²) < 4.78 is 0. The molecule has 0 aromatic heterocycles. The van der Waals surface area contributed by atoms with Crippen LogP contribution in [0.2, 0.25) is 0 Å². The highest BCUT2D eigenvalue weighted by atomic mass is 35.5. The lowest BCUT2D eigenvalue weighted by molar-refractivity contribution is -0.0666. The zero-order valence-corrected chi connectivity index (χ0v) is 22.2. The number of alkyl halides is 8. The molecule has 0 spiro atoms. The predicted octanol–water partition coefficient (Wildman–Crippen LogP) is 8.64. The van der Waals surface area contributed by atoms with E-state index in [9.17, 15) is 0 Å².